The van der Waals surface area contributed by atoms with Crippen molar-refractivity contribution in [1.29, 1.82) is 0 Å². The summed E-state index contributed by atoms with van der Waals surface area (Å²) in [6, 6.07) is 5.14. The molecule has 0 aliphatic carbocycles. The number of guanidine groups is 1. The van der Waals surface area contributed by atoms with Crippen molar-refractivity contribution in [2.75, 3.05) is 20.2 Å². The third kappa shape index (κ3) is 2.92. The molecule has 25 heavy (non-hydrogen) atoms. The van der Waals surface area contributed by atoms with Gasteiger partial charge in [-0.1, -0.05) is 6.07 Å². The first-order chi connectivity index (χ1) is 12.1. The van der Waals surface area contributed by atoms with E-state index < -0.39 is 0 Å². The zero-order valence-electron chi connectivity index (χ0n) is 14.4. The summed E-state index contributed by atoms with van der Waals surface area (Å²) < 4.78 is 5.06. The molecule has 2 heterocycles. The van der Waals surface area contributed by atoms with Gasteiger partial charge in [0, 0.05) is 18.7 Å². The molecule has 1 saturated heterocycles. The zero-order valence-corrected chi connectivity index (χ0v) is 14.4. The van der Waals surface area contributed by atoms with Crippen molar-refractivity contribution in [2.45, 2.75) is 26.2 Å². The van der Waals surface area contributed by atoms with Gasteiger partial charge in [0.15, 0.2) is 17.7 Å². The number of benzene rings is 1. The predicted molar refractivity (Wildman–Crippen MR) is 93.7 cm³/mol. The van der Waals surface area contributed by atoms with Crippen molar-refractivity contribution >= 4 is 18.2 Å². The van der Waals surface area contributed by atoms with E-state index in [2.05, 4.69) is 20.8 Å². The molecule has 0 spiro atoms. The summed E-state index contributed by atoms with van der Waals surface area (Å²) >= 11 is 0. The van der Waals surface area contributed by atoms with E-state index in [4.69, 9.17) is 4.74 Å². The van der Waals surface area contributed by atoms with Crippen molar-refractivity contribution in [3.63, 3.8) is 0 Å². The highest BCUT2D eigenvalue weighted by Gasteiger charge is 2.48. The molecule has 0 saturated carbocycles. The van der Waals surface area contributed by atoms with Crippen LogP contribution in [0.25, 0.3) is 0 Å². The monoisotopic (exact) mass is 346 g/mol. The number of ether oxygens (including phenoxy) is 1. The number of hydrogen-bond acceptors (Lipinski definition) is 7. The third-order valence-electron chi connectivity index (χ3n) is 4.28. The number of urea groups is 1. The van der Waals surface area contributed by atoms with Crippen LogP contribution in [0.15, 0.2) is 28.3 Å². The van der Waals surface area contributed by atoms with Gasteiger partial charge in [0.05, 0.1) is 13.3 Å². The minimum Gasteiger partial charge on any atom is -0.504 e. The van der Waals surface area contributed by atoms with Crippen LogP contribution in [0.4, 0.5) is 4.79 Å². The number of hydrazone groups is 1. The molecule has 1 aromatic carbocycles. The minimum atomic E-state index is -0.264. The molecule has 9 heteroatoms. The molecule has 1 aromatic rings. The van der Waals surface area contributed by atoms with Crippen LogP contribution >= 0.6 is 0 Å². The highest BCUT2D eigenvalue weighted by atomic mass is 16.5. The Morgan fingerprint density at radius 2 is 2.16 bits per heavy atom. The molecule has 134 valence electrons. The van der Waals surface area contributed by atoms with E-state index in [1.54, 1.807) is 28.0 Å². The Morgan fingerprint density at radius 1 is 1.40 bits per heavy atom. The number of amides is 2. The first-order valence-corrected chi connectivity index (χ1v) is 8.17. The van der Waals surface area contributed by atoms with Crippen LogP contribution in [0.2, 0.25) is 0 Å². The Morgan fingerprint density at radius 3 is 2.84 bits per heavy atom. The van der Waals surface area contributed by atoms with Crippen molar-refractivity contribution in [1.82, 2.24) is 20.5 Å². The van der Waals surface area contributed by atoms with E-state index in [0.29, 0.717) is 30.4 Å². The first-order valence-electron chi connectivity index (χ1n) is 8.17. The Kier molecular flexibility index (Phi) is 4.64. The maximum atomic E-state index is 12.2. The van der Waals surface area contributed by atoms with E-state index in [-0.39, 0.29) is 24.1 Å². The molecular weight excluding hydrogens is 324 g/mol. The second-order valence-electron chi connectivity index (χ2n) is 5.60. The van der Waals surface area contributed by atoms with Gasteiger partial charge in [0.2, 0.25) is 5.96 Å². The first kappa shape index (κ1) is 16.9. The number of carbonyl (C=O) groups is 1. The van der Waals surface area contributed by atoms with Crippen LogP contribution in [0.3, 0.4) is 0 Å². The highest BCUT2D eigenvalue weighted by Crippen LogP contribution is 2.28. The summed E-state index contributed by atoms with van der Waals surface area (Å²) in [7, 11) is 1.49. The number of aromatic hydroxyl groups is 1. The predicted octanol–water partition coefficient (Wildman–Crippen LogP) is 0.713. The molecule has 2 unspecified atom stereocenters. The standard InChI is InChI=1S/C16H22N6O3/c1-4-21-13-14(22(5-2)16(21)24)19-15(18-13)20-17-9-10-7-6-8-11(25-3)12(10)23/h6-9,13-14,23H,4-5H2,1-3H3,(H2,18,19,20). The van der Waals surface area contributed by atoms with Gasteiger partial charge >= 0.3 is 6.03 Å². The topological polar surface area (TPSA) is 102 Å². The lowest BCUT2D eigenvalue weighted by atomic mass is 10.2. The maximum Gasteiger partial charge on any atom is 0.323 e. The number of hydrogen-bond donors (Lipinski definition) is 3. The number of rotatable bonds is 5. The van der Waals surface area contributed by atoms with Crippen molar-refractivity contribution in [3.8, 4) is 11.5 Å². The molecule has 3 rings (SSSR count). The summed E-state index contributed by atoms with van der Waals surface area (Å²) in [4.78, 5) is 20.2. The molecule has 0 bridgehead atoms. The Balaban J connectivity index is 1.69. The Hall–Kier alpha value is -2.97. The normalized spacial score (nSPS) is 22.2. The highest BCUT2D eigenvalue weighted by molar-refractivity contribution is 5.89. The van der Waals surface area contributed by atoms with E-state index >= 15 is 0 Å². The third-order valence-corrected chi connectivity index (χ3v) is 4.28. The number of para-hydroxylation sites is 1. The van der Waals surface area contributed by atoms with Gasteiger partial charge in [-0.15, -0.1) is 0 Å². The number of methoxy groups -OCH3 is 1. The molecule has 2 aliphatic heterocycles. The summed E-state index contributed by atoms with van der Waals surface area (Å²) in [6.45, 7) is 5.06. The van der Waals surface area contributed by atoms with Crippen LogP contribution in [0.5, 0.6) is 11.5 Å². The number of phenolic OH excluding ortho intramolecular Hbond substituents is 1. The molecule has 3 N–H and O–H groups in total. The number of carbonyl (C=O) groups excluding carboxylic acids is 1. The van der Waals surface area contributed by atoms with E-state index in [1.165, 1.54) is 13.3 Å². The van der Waals surface area contributed by atoms with Gasteiger partial charge in [0.25, 0.3) is 0 Å². The second-order valence-corrected chi connectivity index (χ2v) is 5.60. The molecule has 2 aliphatic rings. The van der Waals surface area contributed by atoms with E-state index in [0.717, 1.165) is 0 Å². The van der Waals surface area contributed by atoms with Crippen LogP contribution in [-0.2, 0) is 0 Å². The minimum absolute atomic E-state index is 0.0138. The second kappa shape index (κ2) is 6.88. The van der Waals surface area contributed by atoms with Crippen LogP contribution in [0.1, 0.15) is 19.4 Å². The quantitative estimate of drug-likeness (QED) is 0.538. The molecule has 2 atom stereocenters. The molecule has 9 nitrogen and oxygen atoms in total. The average Bonchev–Trinajstić information content (AvgIpc) is 3.11. The molecule has 1 fully saturated rings. The Labute approximate surface area is 146 Å². The fraction of sp³-hybridized carbons (Fsp3) is 0.438. The van der Waals surface area contributed by atoms with Crippen LogP contribution < -0.4 is 15.5 Å². The largest absolute Gasteiger partial charge is 0.504 e. The summed E-state index contributed by atoms with van der Waals surface area (Å²) in [5.41, 5.74) is 3.34. The smallest absolute Gasteiger partial charge is 0.323 e. The molecule has 2 amide bonds. The number of phenols is 1. The lowest BCUT2D eigenvalue weighted by Gasteiger charge is -2.20. The van der Waals surface area contributed by atoms with Gasteiger partial charge in [-0.3, -0.25) is 4.90 Å². The maximum absolute atomic E-state index is 12.2. The molecule has 0 radical (unpaired) electrons. The summed E-state index contributed by atoms with van der Waals surface area (Å²) in [5, 5.41) is 17.3. The summed E-state index contributed by atoms with van der Waals surface area (Å²) in [5.74, 6) is 0.886. The van der Waals surface area contributed by atoms with E-state index in [1.807, 2.05) is 13.8 Å². The van der Waals surface area contributed by atoms with Gasteiger partial charge in [-0.25, -0.2) is 15.2 Å². The van der Waals surface area contributed by atoms with Gasteiger partial charge in [-0.05, 0) is 26.0 Å². The average molecular weight is 346 g/mol. The Bertz CT molecular complexity index is 720. The SMILES string of the molecule is CCN1C(=O)N(CC)C2NC(NN=Cc3cccc(OC)c3O)=NC21. The number of aliphatic imine (C=N–C) groups is 1. The number of nitrogens with one attached hydrogen (secondary N) is 2. The number of nitrogens with zero attached hydrogens (tertiary/aromatic N) is 4. The zero-order chi connectivity index (χ0) is 18.0. The van der Waals surface area contributed by atoms with E-state index in [9.17, 15) is 9.90 Å². The van der Waals surface area contributed by atoms with Gasteiger partial charge in [0.1, 0.15) is 6.17 Å². The van der Waals surface area contributed by atoms with Crippen LogP contribution in [0, 0.1) is 0 Å². The summed E-state index contributed by atoms with van der Waals surface area (Å²) in [6.07, 6.45) is 1.02. The number of fused-ring (bicyclic) bond motifs is 1. The molecule has 0 aromatic heterocycles. The van der Waals surface area contributed by atoms with Crippen LogP contribution in [-0.4, -0.2) is 65.6 Å². The number of likely N-dealkylation sites (N-methyl/N-ethyl adjacent to an activating group) is 2. The van der Waals surface area contributed by atoms with Crippen molar-refractivity contribution in [3.05, 3.63) is 23.8 Å². The van der Waals surface area contributed by atoms with Crippen molar-refractivity contribution < 1.29 is 14.6 Å². The lowest BCUT2D eigenvalue weighted by Crippen LogP contribution is -2.47. The fourth-order valence-electron chi connectivity index (χ4n) is 3.02. The molecular formula is C16H22N6O3. The van der Waals surface area contributed by atoms with Gasteiger partial charge < -0.3 is 20.1 Å². The lowest BCUT2D eigenvalue weighted by molar-refractivity contribution is 0.187. The fourth-order valence-corrected chi connectivity index (χ4v) is 3.02. The van der Waals surface area contributed by atoms with Gasteiger partial charge in [-0.2, -0.15) is 5.10 Å². The van der Waals surface area contributed by atoms with Crippen molar-refractivity contribution in [2.24, 2.45) is 10.1 Å².